The lowest BCUT2D eigenvalue weighted by atomic mass is 9.97. The number of aromatic nitrogens is 1. The van der Waals surface area contributed by atoms with E-state index in [2.05, 4.69) is 35.2 Å². The van der Waals surface area contributed by atoms with Crippen LogP contribution in [0.15, 0.2) is 22.3 Å². The van der Waals surface area contributed by atoms with Gasteiger partial charge in [0.2, 0.25) is 0 Å². The van der Waals surface area contributed by atoms with Crippen LogP contribution < -0.4 is 4.87 Å². The van der Waals surface area contributed by atoms with E-state index in [0.29, 0.717) is 12.1 Å². The predicted molar refractivity (Wildman–Crippen MR) is 86.6 cm³/mol. The molecule has 0 amide bonds. The quantitative estimate of drug-likeness (QED) is 0.932. The molecule has 20 heavy (non-hydrogen) atoms. The molecule has 2 atom stereocenters. The summed E-state index contributed by atoms with van der Waals surface area (Å²) in [5.74, 6) is 0. The summed E-state index contributed by atoms with van der Waals surface area (Å²) in [6.07, 6.45) is 3.84. The third-order valence-corrected chi connectivity index (χ3v) is 5.95. The van der Waals surface area contributed by atoms with Crippen LogP contribution in [0.3, 0.4) is 0 Å². The first kappa shape index (κ1) is 14.0. The molecular formula is C15H20N2OS2. The minimum atomic E-state index is 0.0562. The van der Waals surface area contributed by atoms with Gasteiger partial charge in [-0.2, -0.15) is 0 Å². The molecule has 2 aromatic heterocycles. The number of thiazole rings is 1. The highest BCUT2D eigenvalue weighted by Gasteiger charge is 2.26. The van der Waals surface area contributed by atoms with Gasteiger partial charge in [-0.05, 0) is 38.1 Å². The van der Waals surface area contributed by atoms with E-state index in [9.17, 15) is 4.79 Å². The Morgan fingerprint density at radius 3 is 2.75 bits per heavy atom. The lowest BCUT2D eigenvalue weighted by Crippen LogP contribution is -2.42. The van der Waals surface area contributed by atoms with E-state index in [0.717, 1.165) is 17.1 Å². The molecule has 1 N–H and O–H groups in total. The molecule has 1 fully saturated rings. The molecule has 0 saturated carbocycles. The summed E-state index contributed by atoms with van der Waals surface area (Å²) < 4.78 is 0. The summed E-state index contributed by atoms with van der Waals surface area (Å²) in [5, 5.41) is 2.06. The monoisotopic (exact) mass is 308 g/mol. The van der Waals surface area contributed by atoms with Crippen LogP contribution in [0.1, 0.15) is 38.0 Å². The average molecular weight is 308 g/mol. The maximum Gasteiger partial charge on any atom is 0.305 e. The van der Waals surface area contributed by atoms with Gasteiger partial charge in [0.05, 0.1) is 10.6 Å². The molecule has 3 rings (SSSR count). The molecule has 0 spiro atoms. The van der Waals surface area contributed by atoms with Gasteiger partial charge < -0.3 is 4.98 Å². The largest absolute Gasteiger partial charge is 0.311 e. The van der Waals surface area contributed by atoms with Crippen LogP contribution in [-0.4, -0.2) is 22.0 Å². The van der Waals surface area contributed by atoms with Crippen molar-refractivity contribution in [3.8, 4) is 10.6 Å². The number of hydrogen-bond acceptors (Lipinski definition) is 4. The molecule has 2 unspecified atom stereocenters. The molecule has 2 aromatic rings. The molecule has 0 bridgehead atoms. The van der Waals surface area contributed by atoms with Gasteiger partial charge in [0.1, 0.15) is 0 Å². The number of thiophene rings is 1. The van der Waals surface area contributed by atoms with E-state index in [4.69, 9.17) is 0 Å². The minimum absolute atomic E-state index is 0.0562. The summed E-state index contributed by atoms with van der Waals surface area (Å²) in [5.41, 5.74) is 1.03. The number of likely N-dealkylation sites (tertiary alicyclic amines) is 1. The van der Waals surface area contributed by atoms with E-state index < -0.39 is 0 Å². The maximum absolute atomic E-state index is 11.8. The van der Waals surface area contributed by atoms with Crippen molar-refractivity contribution in [3.05, 3.63) is 32.1 Å². The van der Waals surface area contributed by atoms with Crippen molar-refractivity contribution in [1.82, 2.24) is 9.88 Å². The standard InChI is InChI=1S/C15H20N2OS2/c1-10-5-3-6-11(2)17(10)9-13-14(16-15(18)20-13)12-7-4-8-19-12/h4,7-8,10-11H,3,5-6,9H2,1-2H3,(H,16,18). The summed E-state index contributed by atoms with van der Waals surface area (Å²) in [6, 6.07) is 5.32. The molecule has 3 heterocycles. The zero-order valence-electron chi connectivity index (χ0n) is 11.9. The van der Waals surface area contributed by atoms with Gasteiger partial charge >= 0.3 is 4.87 Å². The van der Waals surface area contributed by atoms with E-state index in [1.54, 1.807) is 11.3 Å². The lowest BCUT2D eigenvalue weighted by Gasteiger charge is -2.38. The van der Waals surface area contributed by atoms with Crippen molar-refractivity contribution in [2.45, 2.75) is 51.7 Å². The van der Waals surface area contributed by atoms with Crippen molar-refractivity contribution in [2.24, 2.45) is 0 Å². The van der Waals surface area contributed by atoms with Crippen molar-refractivity contribution in [3.63, 3.8) is 0 Å². The topological polar surface area (TPSA) is 36.1 Å². The van der Waals surface area contributed by atoms with Crippen molar-refractivity contribution < 1.29 is 0 Å². The van der Waals surface area contributed by atoms with Gasteiger partial charge in [-0.15, -0.1) is 11.3 Å². The number of hydrogen-bond donors (Lipinski definition) is 1. The Hall–Kier alpha value is -0.910. The third kappa shape index (κ3) is 2.75. The highest BCUT2D eigenvalue weighted by molar-refractivity contribution is 7.14. The Morgan fingerprint density at radius 2 is 2.10 bits per heavy atom. The fourth-order valence-corrected chi connectivity index (χ4v) is 4.71. The van der Waals surface area contributed by atoms with Crippen LogP contribution in [-0.2, 0) is 6.54 Å². The second-order valence-corrected chi connectivity index (χ2v) is 7.61. The first-order valence-corrected chi connectivity index (χ1v) is 8.86. The zero-order chi connectivity index (χ0) is 14.1. The second kappa shape index (κ2) is 5.84. The number of nitrogens with one attached hydrogen (secondary N) is 1. The molecule has 1 saturated heterocycles. The lowest BCUT2D eigenvalue weighted by molar-refractivity contribution is 0.0966. The van der Waals surface area contributed by atoms with Gasteiger partial charge in [0.25, 0.3) is 0 Å². The molecule has 0 aliphatic carbocycles. The summed E-state index contributed by atoms with van der Waals surface area (Å²) >= 11 is 3.05. The molecule has 108 valence electrons. The molecule has 1 aliphatic heterocycles. The number of piperidine rings is 1. The Balaban J connectivity index is 1.89. The van der Waals surface area contributed by atoms with Crippen LogP contribution in [0.5, 0.6) is 0 Å². The first-order chi connectivity index (χ1) is 9.65. The van der Waals surface area contributed by atoms with Crippen LogP contribution in [0.25, 0.3) is 10.6 Å². The predicted octanol–water partition coefficient (Wildman–Crippen LogP) is 3.93. The first-order valence-electron chi connectivity index (χ1n) is 7.16. The van der Waals surface area contributed by atoms with E-state index in [1.807, 2.05) is 6.07 Å². The van der Waals surface area contributed by atoms with Crippen molar-refractivity contribution >= 4 is 22.7 Å². The van der Waals surface area contributed by atoms with Crippen LogP contribution in [0.4, 0.5) is 0 Å². The van der Waals surface area contributed by atoms with Crippen molar-refractivity contribution in [1.29, 1.82) is 0 Å². The molecule has 3 nitrogen and oxygen atoms in total. The highest BCUT2D eigenvalue weighted by atomic mass is 32.1. The normalized spacial score (nSPS) is 24.1. The molecule has 0 aromatic carbocycles. The SMILES string of the molecule is CC1CCCC(C)N1Cc1sc(=O)[nH]c1-c1cccs1. The minimum Gasteiger partial charge on any atom is -0.311 e. The fraction of sp³-hybridized carbons (Fsp3) is 0.533. The van der Waals surface area contributed by atoms with Gasteiger partial charge in [-0.3, -0.25) is 9.69 Å². The number of aromatic amines is 1. The summed E-state index contributed by atoms with van der Waals surface area (Å²) in [7, 11) is 0. The Bertz CT molecular complexity index is 604. The second-order valence-electron chi connectivity index (χ2n) is 5.59. The number of rotatable bonds is 3. The van der Waals surface area contributed by atoms with E-state index in [1.165, 1.54) is 35.5 Å². The third-order valence-electron chi connectivity index (χ3n) is 4.19. The fourth-order valence-electron chi connectivity index (χ4n) is 3.04. The zero-order valence-corrected chi connectivity index (χ0v) is 13.5. The maximum atomic E-state index is 11.8. The van der Waals surface area contributed by atoms with Gasteiger partial charge in [0, 0.05) is 23.5 Å². The van der Waals surface area contributed by atoms with Crippen LogP contribution in [0, 0.1) is 0 Å². The Morgan fingerprint density at radius 1 is 1.35 bits per heavy atom. The Kier molecular flexibility index (Phi) is 4.10. The van der Waals surface area contributed by atoms with Crippen molar-refractivity contribution in [2.75, 3.05) is 0 Å². The average Bonchev–Trinajstić information content (AvgIpc) is 3.03. The van der Waals surface area contributed by atoms with Crippen LogP contribution >= 0.6 is 22.7 Å². The molecule has 0 radical (unpaired) electrons. The molecule has 1 aliphatic rings. The van der Waals surface area contributed by atoms with Gasteiger partial charge in [-0.1, -0.05) is 23.8 Å². The summed E-state index contributed by atoms with van der Waals surface area (Å²) in [4.78, 5) is 19.7. The van der Waals surface area contributed by atoms with Gasteiger partial charge in [0.15, 0.2) is 0 Å². The molecular weight excluding hydrogens is 288 g/mol. The molecule has 5 heteroatoms. The highest BCUT2D eigenvalue weighted by Crippen LogP contribution is 2.31. The summed E-state index contributed by atoms with van der Waals surface area (Å²) in [6.45, 7) is 5.49. The van der Waals surface area contributed by atoms with E-state index in [-0.39, 0.29) is 4.87 Å². The van der Waals surface area contributed by atoms with Crippen LogP contribution in [0.2, 0.25) is 0 Å². The smallest absolute Gasteiger partial charge is 0.305 e. The number of nitrogens with zero attached hydrogens (tertiary/aromatic N) is 1. The number of H-pyrrole nitrogens is 1. The van der Waals surface area contributed by atoms with E-state index >= 15 is 0 Å². The Labute approximate surface area is 127 Å². The van der Waals surface area contributed by atoms with Gasteiger partial charge in [-0.25, -0.2) is 0 Å².